The van der Waals surface area contributed by atoms with Gasteiger partial charge in [-0.2, -0.15) is 0 Å². The van der Waals surface area contributed by atoms with E-state index >= 15 is 0 Å². The molecule has 0 saturated heterocycles. The molecule has 1 atom stereocenters. The molecule has 0 radical (unpaired) electrons. The van der Waals surface area contributed by atoms with Gasteiger partial charge in [-0.1, -0.05) is 39.8 Å². The third-order valence-corrected chi connectivity index (χ3v) is 4.18. The number of nitrogens with one attached hydrogen (secondary N) is 1. The quantitative estimate of drug-likeness (QED) is 0.848. The predicted octanol–water partition coefficient (Wildman–Crippen LogP) is 2.98. The maximum atomic E-state index is 10.3. The van der Waals surface area contributed by atoms with Crippen molar-refractivity contribution in [3.63, 3.8) is 0 Å². The van der Waals surface area contributed by atoms with E-state index in [2.05, 4.69) is 39.1 Å². The molecule has 124 valence electrons. The summed E-state index contributed by atoms with van der Waals surface area (Å²) in [7, 11) is 0. The van der Waals surface area contributed by atoms with Crippen molar-refractivity contribution >= 4 is 0 Å². The van der Waals surface area contributed by atoms with Crippen LogP contribution in [0.1, 0.15) is 39.7 Å². The molecular weight excluding hydrogens is 278 g/mol. The van der Waals surface area contributed by atoms with Crippen LogP contribution >= 0.6 is 0 Å². The SMILES string of the molecule is CC(C)C(O)C(C)(C)CNCc1cccc2c1OCCCO2. The average Bonchev–Trinajstić information content (AvgIpc) is 2.72. The largest absolute Gasteiger partial charge is 0.490 e. The van der Waals surface area contributed by atoms with Gasteiger partial charge in [0, 0.05) is 30.5 Å². The number of hydrogen-bond donors (Lipinski definition) is 2. The van der Waals surface area contributed by atoms with Gasteiger partial charge in [-0.05, 0) is 12.0 Å². The molecule has 0 amide bonds. The molecule has 1 aromatic rings. The Hall–Kier alpha value is -1.26. The summed E-state index contributed by atoms with van der Waals surface area (Å²) < 4.78 is 11.5. The van der Waals surface area contributed by atoms with Crippen molar-refractivity contribution in [3.05, 3.63) is 23.8 Å². The third-order valence-electron chi connectivity index (χ3n) is 4.18. The summed E-state index contributed by atoms with van der Waals surface area (Å²) in [5, 5.41) is 13.7. The van der Waals surface area contributed by atoms with Gasteiger partial charge in [0.15, 0.2) is 11.5 Å². The molecule has 0 fully saturated rings. The van der Waals surface area contributed by atoms with E-state index in [9.17, 15) is 5.11 Å². The summed E-state index contributed by atoms with van der Waals surface area (Å²) in [4.78, 5) is 0. The lowest BCUT2D eigenvalue weighted by Crippen LogP contribution is -2.41. The van der Waals surface area contributed by atoms with E-state index in [1.165, 1.54) is 0 Å². The molecule has 22 heavy (non-hydrogen) atoms. The second-order valence-electron chi connectivity index (χ2n) is 7.08. The molecule has 1 aromatic carbocycles. The molecule has 0 bridgehead atoms. The Kier molecular flexibility index (Phi) is 5.70. The fourth-order valence-electron chi connectivity index (χ4n) is 2.92. The third kappa shape index (κ3) is 4.14. The zero-order valence-corrected chi connectivity index (χ0v) is 14.2. The molecule has 1 aliphatic rings. The van der Waals surface area contributed by atoms with Crippen LogP contribution in [0.5, 0.6) is 11.5 Å². The van der Waals surface area contributed by atoms with Gasteiger partial charge in [0.05, 0.1) is 19.3 Å². The van der Waals surface area contributed by atoms with Gasteiger partial charge in [0.1, 0.15) is 0 Å². The van der Waals surface area contributed by atoms with Gasteiger partial charge in [0.25, 0.3) is 0 Å². The first-order valence-electron chi connectivity index (χ1n) is 8.18. The first kappa shape index (κ1) is 17.1. The Morgan fingerprint density at radius 3 is 2.68 bits per heavy atom. The van der Waals surface area contributed by atoms with E-state index < -0.39 is 0 Å². The molecule has 0 aliphatic carbocycles. The van der Waals surface area contributed by atoms with Crippen LogP contribution in [0, 0.1) is 11.3 Å². The summed E-state index contributed by atoms with van der Waals surface area (Å²) in [6.07, 6.45) is 0.585. The van der Waals surface area contributed by atoms with Gasteiger partial charge in [-0.25, -0.2) is 0 Å². The van der Waals surface area contributed by atoms with Gasteiger partial charge >= 0.3 is 0 Å². The Morgan fingerprint density at radius 1 is 1.23 bits per heavy atom. The highest BCUT2D eigenvalue weighted by Crippen LogP contribution is 2.33. The van der Waals surface area contributed by atoms with Crippen molar-refractivity contribution in [1.82, 2.24) is 5.32 Å². The Labute approximate surface area is 133 Å². The van der Waals surface area contributed by atoms with Crippen molar-refractivity contribution in [2.24, 2.45) is 11.3 Å². The van der Waals surface area contributed by atoms with Crippen molar-refractivity contribution in [3.8, 4) is 11.5 Å². The van der Waals surface area contributed by atoms with E-state index in [1.807, 2.05) is 12.1 Å². The minimum absolute atomic E-state index is 0.169. The second-order valence-corrected chi connectivity index (χ2v) is 7.08. The van der Waals surface area contributed by atoms with E-state index in [0.717, 1.165) is 30.0 Å². The lowest BCUT2D eigenvalue weighted by Gasteiger charge is -2.33. The Morgan fingerprint density at radius 2 is 1.95 bits per heavy atom. The number of ether oxygens (including phenoxy) is 2. The minimum Gasteiger partial charge on any atom is -0.490 e. The van der Waals surface area contributed by atoms with Gasteiger partial charge in [-0.15, -0.1) is 0 Å². The van der Waals surface area contributed by atoms with E-state index in [-0.39, 0.29) is 17.4 Å². The van der Waals surface area contributed by atoms with Crippen LogP contribution in [-0.4, -0.2) is 31.0 Å². The molecule has 4 heteroatoms. The van der Waals surface area contributed by atoms with Crippen molar-refractivity contribution < 1.29 is 14.6 Å². The molecule has 2 N–H and O–H groups in total. The highest BCUT2D eigenvalue weighted by molar-refractivity contribution is 5.47. The Balaban J connectivity index is 1.98. The Bertz CT molecular complexity index is 485. The van der Waals surface area contributed by atoms with E-state index in [4.69, 9.17) is 9.47 Å². The van der Waals surface area contributed by atoms with E-state index in [0.29, 0.717) is 19.8 Å². The van der Waals surface area contributed by atoms with Gasteiger partial charge < -0.3 is 19.9 Å². The van der Waals surface area contributed by atoms with Crippen molar-refractivity contribution in [2.75, 3.05) is 19.8 Å². The first-order valence-corrected chi connectivity index (χ1v) is 8.18. The number of aliphatic hydroxyl groups is 1. The number of aliphatic hydroxyl groups excluding tert-OH is 1. The molecule has 1 heterocycles. The first-order chi connectivity index (χ1) is 10.4. The number of hydrogen-bond acceptors (Lipinski definition) is 4. The lowest BCUT2D eigenvalue weighted by atomic mass is 9.80. The number of fused-ring (bicyclic) bond motifs is 1. The fourth-order valence-corrected chi connectivity index (χ4v) is 2.92. The highest BCUT2D eigenvalue weighted by Gasteiger charge is 2.29. The van der Waals surface area contributed by atoms with Gasteiger partial charge in [-0.3, -0.25) is 0 Å². The maximum Gasteiger partial charge on any atom is 0.165 e. The lowest BCUT2D eigenvalue weighted by molar-refractivity contribution is 0.0134. The molecule has 0 saturated carbocycles. The average molecular weight is 307 g/mol. The van der Waals surface area contributed by atoms with Crippen LogP contribution in [-0.2, 0) is 6.54 Å². The summed E-state index contributed by atoms with van der Waals surface area (Å²) in [5.74, 6) is 1.94. The van der Waals surface area contributed by atoms with Crippen LogP contribution in [0.25, 0.3) is 0 Å². The van der Waals surface area contributed by atoms with Crippen LogP contribution in [0.15, 0.2) is 18.2 Å². The van der Waals surface area contributed by atoms with Gasteiger partial charge in [0.2, 0.25) is 0 Å². The molecule has 1 aliphatic heterocycles. The normalized spacial score (nSPS) is 16.5. The monoisotopic (exact) mass is 307 g/mol. The molecular formula is C18H29NO3. The second kappa shape index (κ2) is 7.34. The molecule has 0 spiro atoms. The number of para-hydroxylation sites is 1. The number of benzene rings is 1. The highest BCUT2D eigenvalue weighted by atomic mass is 16.5. The van der Waals surface area contributed by atoms with Crippen LogP contribution < -0.4 is 14.8 Å². The van der Waals surface area contributed by atoms with Crippen molar-refractivity contribution in [1.29, 1.82) is 0 Å². The van der Waals surface area contributed by atoms with Crippen molar-refractivity contribution in [2.45, 2.75) is 46.8 Å². The van der Waals surface area contributed by atoms with Crippen LogP contribution in [0.3, 0.4) is 0 Å². The summed E-state index contributed by atoms with van der Waals surface area (Å²) in [5.41, 5.74) is 0.936. The zero-order valence-electron chi connectivity index (χ0n) is 14.2. The molecule has 1 unspecified atom stereocenters. The fraction of sp³-hybridized carbons (Fsp3) is 0.667. The maximum absolute atomic E-state index is 10.3. The van der Waals surface area contributed by atoms with E-state index in [1.54, 1.807) is 0 Å². The standard InChI is InChI=1S/C18H29NO3/c1-13(2)17(20)18(3,4)12-19-11-14-7-5-8-15-16(14)22-10-6-9-21-15/h5,7-8,13,17,19-20H,6,9-12H2,1-4H3. The smallest absolute Gasteiger partial charge is 0.165 e. The summed E-state index contributed by atoms with van der Waals surface area (Å²) in [6.45, 7) is 11.1. The topological polar surface area (TPSA) is 50.7 Å². The summed E-state index contributed by atoms with van der Waals surface area (Å²) in [6, 6.07) is 6.02. The molecule has 0 aromatic heterocycles. The zero-order chi connectivity index (χ0) is 16.2. The summed E-state index contributed by atoms with van der Waals surface area (Å²) >= 11 is 0. The van der Waals surface area contributed by atoms with Crippen LogP contribution in [0.2, 0.25) is 0 Å². The molecule has 2 rings (SSSR count). The molecule has 4 nitrogen and oxygen atoms in total. The predicted molar refractivity (Wildman–Crippen MR) is 88.4 cm³/mol. The minimum atomic E-state index is -0.326. The van der Waals surface area contributed by atoms with Crippen LogP contribution in [0.4, 0.5) is 0 Å². The number of rotatable bonds is 6.